The fourth-order valence-electron chi connectivity index (χ4n) is 3.35. The van der Waals surface area contributed by atoms with E-state index in [-0.39, 0.29) is 23.6 Å². The van der Waals surface area contributed by atoms with Crippen LogP contribution >= 0.6 is 39.1 Å². The van der Waals surface area contributed by atoms with Crippen molar-refractivity contribution in [1.82, 2.24) is 5.32 Å². The molecule has 0 saturated carbocycles. The van der Waals surface area contributed by atoms with Crippen LogP contribution in [0.4, 0.5) is 16.2 Å². The number of nitro benzene ring substituents is 1. The number of non-ortho nitro benzene ring substituents is 1. The van der Waals surface area contributed by atoms with Gasteiger partial charge in [0, 0.05) is 37.8 Å². The number of urea groups is 1. The number of halogens is 3. The van der Waals surface area contributed by atoms with Crippen LogP contribution in [0.5, 0.6) is 5.75 Å². The molecular formula is C24H14BrCl2N3O6. The summed E-state index contributed by atoms with van der Waals surface area (Å²) in [5.41, 5.74) is 0.277. The Balaban J connectivity index is 1.68. The van der Waals surface area contributed by atoms with E-state index in [0.717, 1.165) is 6.07 Å². The Kier molecular flexibility index (Phi) is 7.39. The van der Waals surface area contributed by atoms with Gasteiger partial charge in [0.25, 0.3) is 17.5 Å². The molecule has 1 aliphatic heterocycles. The van der Waals surface area contributed by atoms with Crippen molar-refractivity contribution >= 4 is 74.4 Å². The van der Waals surface area contributed by atoms with Gasteiger partial charge in [0.15, 0.2) is 0 Å². The Labute approximate surface area is 222 Å². The summed E-state index contributed by atoms with van der Waals surface area (Å²) in [5.74, 6) is -1.54. The van der Waals surface area contributed by atoms with Gasteiger partial charge in [-0.2, -0.15) is 0 Å². The number of nitro groups is 1. The molecule has 3 aromatic rings. The summed E-state index contributed by atoms with van der Waals surface area (Å²) in [6.45, 7) is 0.0756. The van der Waals surface area contributed by atoms with Crippen LogP contribution in [0.2, 0.25) is 10.0 Å². The van der Waals surface area contributed by atoms with Gasteiger partial charge < -0.3 is 4.74 Å². The van der Waals surface area contributed by atoms with Gasteiger partial charge in [0.1, 0.15) is 17.9 Å². The Hall–Kier alpha value is -3.73. The lowest BCUT2D eigenvalue weighted by Gasteiger charge is -2.26. The first-order valence-corrected chi connectivity index (χ1v) is 11.7. The first-order valence-electron chi connectivity index (χ1n) is 10.2. The minimum Gasteiger partial charge on any atom is -0.488 e. The highest BCUT2D eigenvalue weighted by molar-refractivity contribution is 9.10. The van der Waals surface area contributed by atoms with Crippen LogP contribution in [-0.2, 0) is 16.2 Å². The van der Waals surface area contributed by atoms with Gasteiger partial charge >= 0.3 is 6.03 Å². The number of ether oxygens (including phenoxy) is 1. The molecule has 0 atom stereocenters. The highest BCUT2D eigenvalue weighted by Crippen LogP contribution is 2.30. The van der Waals surface area contributed by atoms with E-state index >= 15 is 0 Å². The highest BCUT2D eigenvalue weighted by atomic mass is 79.9. The predicted molar refractivity (Wildman–Crippen MR) is 137 cm³/mol. The SMILES string of the molecule is O=C1NC(=O)N(c2cccc([N+](=O)[O-])c2)C(=O)/C1=C/c1cc(Br)ccc1OCc1ccc(Cl)cc1Cl. The molecule has 0 unspecified atom stereocenters. The van der Waals surface area contributed by atoms with Gasteiger partial charge in [-0.3, -0.25) is 25.0 Å². The van der Waals surface area contributed by atoms with Gasteiger partial charge in [-0.25, -0.2) is 9.69 Å². The minimum absolute atomic E-state index is 0.0619. The fourth-order valence-corrected chi connectivity index (χ4v) is 4.19. The number of amides is 4. The molecule has 9 nitrogen and oxygen atoms in total. The topological polar surface area (TPSA) is 119 Å². The Morgan fingerprint density at radius 1 is 1.06 bits per heavy atom. The van der Waals surface area contributed by atoms with Crippen molar-refractivity contribution < 1.29 is 24.0 Å². The maximum Gasteiger partial charge on any atom is 0.335 e. The summed E-state index contributed by atoms with van der Waals surface area (Å²) in [6.07, 6.45) is 1.28. The number of carbonyl (C=O) groups is 3. The second-order valence-electron chi connectivity index (χ2n) is 7.44. The molecule has 0 aliphatic carbocycles. The van der Waals surface area contributed by atoms with Crippen LogP contribution in [0.15, 0.2) is 70.7 Å². The molecule has 182 valence electrons. The number of rotatable bonds is 6. The Morgan fingerprint density at radius 3 is 2.56 bits per heavy atom. The first kappa shape index (κ1) is 25.4. The van der Waals surface area contributed by atoms with Crippen LogP contribution in [-0.4, -0.2) is 22.8 Å². The zero-order chi connectivity index (χ0) is 26.0. The first-order chi connectivity index (χ1) is 17.1. The van der Waals surface area contributed by atoms with Gasteiger partial charge in [-0.15, -0.1) is 0 Å². The van der Waals surface area contributed by atoms with E-state index in [2.05, 4.69) is 21.2 Å². The average molecular weight is 591 g/mol. The molecule has 1 heterocycles. The summed E-state index contributed by atoms with van der Waals surface area (Å²) in [6, 6.07) is 13.9. The van der Waals surface area contributed by atoms with E-state index in [1.165, 1.54) is 24.3 Å². The molecule has 4 rings (SSSR count). The molecular weight excluding hydrogens is 577 g/mol. The lowest BCUT2D eigenvalue weighted by molar-refractivity contribution is -0.384. The molecule has 3 aromatic carbocycles. The summed E-state index contributed by atoms with van der Waals surface area (Å²) >= 11 is 15.5. The number of hydrogen-bond acceptors (Lipinski definition) is 6. The van der Waals surface area contributed by atoms with Crippen LogP contribution in [0, 0.1) is 10.1 Å². The summed E-state index contributed by atoms with van der Waals surface area (Å²) in [7, 11) is 0. The quantitative estimate of drug-likeness (QED) is 0.165. The van der Waals surface area contributed by atoms with Crippen molar-refractivity contribution in [3.63, 3.8) is 0 Å². The molecule has 0 radical (unpaired) electrons. The molecule has 12 heteroatoms. The van der Waals surface area contributed by atoms with E-state index < -0.39 is 22.8 Å². The number of nitrogens with one attached hydrogen (secondary N) is 1. The lowest BCUT2D eigenvalue weighted by Crippen LogP contribution is -2.54. The average Bonchev–Trinajstić information content (AvgIpc) is 2.82. The third kappa shape index (κ3) is 5.40. The third-order valence-corrected chi connectivity index (χ3v) is 6.15. The van der Waals surface area contributed by atoms with E-state index in [1.54, 1.807) is 36.4 Å². The fraction of sp³-hybridized carbons (Fsp3) is 0.0417. The smallest absolute Gasteiger partial charge is 0.335 e. The molecule has 1 saturated heterocycles. The molecule has 0 bridgehead atoms. The van der Waals surface area contributed by atoms with E-state index in [0.29, 0.717) is 36.3 Å². The molecule has 1 N–H and O–H groups in total. The maximum atomic E-state index is 13.2. The van der Waals surface area contributed by atoms with Crippen molar-refractivity contribution in [2.75, 3.05) is 4.90 Å². The maximum absolute atomic E-state index is 13.2. The molecule has 1 fully saturated rings. The summed E-state index contributed by atoms with van der Waals surface area (Å²) in [4.78, 5) is 49.4. The van der Waals surface area contributed by atoms with Crippen molar-refractivity contribution in [3.05, 3.63) is 102 Å². The number of benzene rings is 3. The van der Waals surface area contributed by atoms with Gasteiger partial charge in [-0.1, -0.05) is 51.3 Å². The largest absolute Gasteiger partial charge is 0.488 e. The molecule has 1 aliphatic rings. The highest BCUT2D eigenvalue weighted by Gasteiger charge is 2.37. The van der Waals surface area contributed by atoms with Crippen molar-refractivity contribution in [2.45, 2.75) is 6.61 Å². The number of barbiturate groups is 1. The summed E-state index contributed by atoms with van der Waals surface area (Å²) in [5, 5.41) is 14.1. The monoisotopic (exact) mass is 589 g/mol. The number of nitrogens with zero attached hydrogens (tertiary/aromatic N) is 2. The molecule has 36 heavy (non-hydrogen) atoms. The minimum atomic E-state index is -1.02. The second-order valence-corrected chi connectivity index (χ2v) is 9.20. The van der Waals surface area contributed by atoms with E-state index in [4.69, 9.17) is 27.9 Å². The van der Waals surface area contributed by atoms with Gasteiger partial charge in [0.2, 0.25) is 0 Å². The lowest BCUT2D eigenvalue weighted by atomic mass is 10.1. The van der Waals surface area contributed by atoms with Crippen LogP contribution < -0.4 is 15.0 Å². The Morgan fingerprint density at radius 2 is 1.83 bits per heavy atom. The van der Waals surface area contributed by atoms with Crippen LogP contribution in [0.1, 0.15) is 11.1 Å². The molecule has 0 aromatic heterocycles. The standard InChI is InChI=1S/C24H14BrCl2N3O6/c25-15-5-7-21(36-12-13-4-6-16(26)10-20(13)27)14(8-15)9-19-22(31)28-24(33)29(23(19)32)17-2-1-3-18(11-17)30(34)35/h1-11H,12H2,(H,28,31,33)/b19-9+. The van der Waals surface area contributed by atoms with E-state index in [1.807, 2.05) is 0 Å². The number of carbonyl (C=O) groups excluding carboxylic acids is 3. The number of hydrogen-bond donors (Lipinski definition) is 1. The van der Waals surface area contributed by atoms with Crippen molar-refractivity contribution in [2.24, 2.45) is 0 Å². The zero-order valence-corrected chi connectivity index (χ0v) is 21.1. The zero-order valence-electron chi connectivity index (χ0n) is 18.0. The van der Waals surface area contributed by atoms with Crippen molar-refractivity contribution in [3.8, 4) is 5.75 Å². The van der Waals surface area contributed by atoms with Crippen LogP contribution in [0.3, 0.4) is 0 Å². The third-order valence-electron chi connectivity index (χ3n) is 5.07. The second kappa shape index (κ2) is 10.5. The Bertz CT molecular complexity index is 1460. The van der Waals surface area contributed by atoms with E-state index in [9.17, 15) is 24.5 Å². The summed E-state index contributed by atoms with van der Waals surface area (Å²) < 4.78 is 6.53. The van der Waals surface area contributed by atoms with Gasteiger partial charge in [0.05, 0.1) is 10.6 Å². The number of imide groups is 2. The van der Waals surface area contributed by atoms with Crippen LogP contribution in [0.25, 0.3) is 6.08 Å². The normalized spacial score (nSPS) is 14.7. The molecule has 0 spiro atoms. The molecule has 4 amide bonds. The van der Waals surface area contributed by atoms with Crippen molar-refractivity contribution in [1.29, 1.82) is 0 Å². The number of anilines is 1. The van der Waals surface area contributed by atoms with Gasteiger partial charge in [-0.05, 0) is 42.5 Å². The predicted octanol–water partition coefficient (Wildman–Crippen LogP) is 5.91.